The molecule has 0 atom stereocenters. The van der Waals surface area contributed by atoms with Crippen molar-refractivity contribution in [2.45, 2.75) is 12.8 Å². The van der Waals surface area contributed by atoms with Crippen molar-refractivity contribution in [1.29, 1.82) is 0 Å². The van der Waals surface area contributed by atoms with Gasteiger partial charge >= 0.3 is 5.97 Å². The molecule has 0 bridgehead atoms. The van der Waals surface area contributed by atoms with Crippen molar-refractivity contribution in [3.05, 3.63) is 68.7 Å². The van der Waals surface area contributed by atoms with Gasteiger partial charge in [0.2, 0.25) is 0 Å². The minimum atomic E-state index is -0.474. The molecule has 7 heteroatoms. The van der Waals surface area contributed by atoms with Crippen molar-refractivity contribution < 1.29 is 14.3 Å². The fourth-order valence-electron chi connectivity index (χ4n) is 2.08. The molecule has 2 aromatic rings. The lowest BCUT2D eigenvalue weighted by atomic mass is 10.1. The zero-order valence-electron chi connectivity index (χ0n) is 13.2. The van der Waals surface area contributed by atoms with E-state index < -0.39 is 5.97 Å². The lowest BCUT2D eigenvalue weighted by Crippen LogP contribution is -2.30. The van der Waals surface area contributed by atoms with Crippen LogP contribution in [0, 0.1) is 0 Å². The fraction of sp³-hybridized carbons (Fsp3) is 0.222. The van der Waals surface area contributed by atoms with E-state index in [-0.39, 0.29) is 18.9 Å². The number of halogens is 3. The van der Waals surface area contributed by atoms with E-state index in [1.165, 1.54) is 0 Å². The van der Waals surface area contributed by atoms with Gasteiger partial charge in [0.15, 0.2) is 6.61 Å². The number of carbonyl (C=O) groups is 2. The normalized spacial score (nSPS) is 10.4. The van der Waals surface area contributed by atoms with Gasteiger partial charge in [0.05, 0.1) is 6.42 Å². The summed E-state index contributed by atoms with van der Waals surface area (Å²) in [6.45, 7) is 0.0652. The number of hydrogen-bond acceptors (Lipinski definition) is 3. The number of benzene rings is 2. The maximum absolute atomic E-state index is 11.7. The molecule has 0 radical (unpaired) electrons. The van der Waals surface area contributed by atoms with Crippen LogP contribution in [-0.2, 0) is 27.2 Å². The molecule has 0 spiro atoms. The van der Waals surface area contributed by atoms with Crippen molar-refractivity contribution in [3.8, 4) is 0 Å². The predicted molar refractivity (Wildman–Crippen MR) is 99.3 cm³/mol. The number of amides is 1. The lowest BCUT2D eigenvalue weighted by Gasteiger charge is -2.08. The minimum absolute atomic E-state index is 0.0881. The summed E-state index contributed by atoms with van der Waals surface area (Å²) in [5.74, 6) is -0.840. The topological polar surface area (TPSA) is 55.4 Å². The van der Waals surface area contributed by atoms with Gasteiger partial charge in [0.25, 0.3) is 5.91 Å². The molecule has 1 N–H and O–H groups in total. The van der Waals surface area contributed by atoms with Crippen LogP contribution in [0.25, 0.3) is 0 Å². The largest absolute Gasteiger partial charge is 0.455 e. The first-order valence-electron chi connectivity index (χ1n) is 7.55. The molecule has 1 amide bonds. The molecule has 25 heavy (non-hydrogen) atoms. The first-order chi connectivity index (χ1) is 11.9. The van der Waals surface area contributed by atoms with Crippen LogP contribution in [0.2, 0.25) is 15.1 Å². The van der Waals surface area contributed by atoms with Crippen LogP contribution in [0.1, 0.15) is 11.1 Å². The number of nitrogens with one attached hydrogen (secondary N) is 1. The summed E-state index contributed by atoms with van der Waals surface area (Å²) in [6, 6.07) is 12.1. The molecule has 0 heterocycles. The first kappa shape index (κ1) is 19.6. The Balaban J connectivity index is 1.68. The molecular formula is C18H16Cl3NO3. The molecule has 0 aromatic heterocycles. The Bertz CT molecular complexity index is 748. The highest BCUT2D eigenvalue weighted by Gasteiger charge is 2.09. The molecule has 2 aromatic carbocycles. The van der Waals surface area contributed by atoms with E-state index in [0.29, 0.717) is 28.0 Å². The van der Waals surface area contributed by atoms with Gasteiger partial charge < -0.3 is 10.1 Å². The smallest absolute Gasteiger partial charge is 0.310 e. The Labute approximate surface area is 161 Å². The highest BCUT2D eigenvalue weighted by molar-refractivity contribution is 6.35. The van der Waals surface area contributed by atoms with Gasteiger partial charge in [-0.2, -0.15) is 0 Å². The number of carbonyl (C=O) groups excluding carboxylic acids is 2. The fourth-order valence-corrected chi connectivity index (χ4v) is 2.71. The van der Waals surface area contributed by atoms with E-state index in [1.807, 2.05) is 6.07 Å². The van der Waals surface area contributed by atoms with Crippen LogP contribution in [0.15, 0.2) is 42.5 Å². The van der Waals surface area contributed by atoms with Gasteiger partial charge in [0.1, 0.15) is 0 Å². The van der Waals surface area contributed by atoms with Gasteiger partial charge in [0, 0.05) is 21.6 Å². The summed E-state index contributed by atoms with van der Waals surface area (Å²) in [5.41, 5.74) is 1.65. The van der Waals surface area contributed by atoms with Crippen LogP contribution in [0.3, 0.4) is 0 Å². The van der Waals surface area contributed by atoms with Crippen LogP contribution >= 0.6 is 34.8 Å². The zero-order valence-corrected chi connectivity index (χ0v) is 15.5. The second-order valence-corrected chi connectivity index (χ2v) is 6.58. The Morgan fingerprint density at radius 2 is 1.64 bits per heavy atom. The molecule has 4 nitrogen and oxygen atoms in total. The molecule has 0 aliphatic carbocycles. The Kier molecular flexibility index (Phi) is 7.56. The molecule has 0 aliphatic heterocycles. The van der Waals surface area contributed by atoms with Gasteiger partial charge in [-0.3, -0.25) is 9.59 Å². The monoisotopic (exact) mass is 399 g/mol. The SMILES string of the molecule is O=C(COC(=O)Cc1ccc(Cl)cc1)NCCc1ccc(Cl)cc1Cl. The van der Waals surface area contributed by atoms with Crippen LogP contribution in [0.5, 0.6) is 0 Å². The number of ether oxygens (including phenoxy) is 1. The third-order valence-electron chi connectivity index (χ3n) is 3.36. The average molecular weight is 401 g/mol. The molecular weight excluding hydrogens is 385 g/mol. The van der Waals surface area contributed by atoms with E-state index >= 15 is 0 Å². The van der Waals surface area contributed by atoms with Crippen molar-refractivity contribution in [3.63, 3.8) is 0 Å². The molecule has 0 saturated carbocycles. The van der Waals surface area contributed by atoms with Crippen molar-refractivity contribution in [2.24, 2.45) is 0 Å². The molecule has 0 unspecified atom stereocenters. The predicted octanol–water partition coefficient (Wildman–Crippen LogP) is 4.09. The van der Waals surface area contributed by atoms with Crippen LogP contribution in [0.4, 0.5) is 0 Å². The summed E-state index contributed by atoms with van der Waals surface area (Å²) < 4.78 is 4.95. The second-order valence-electron chi connectivity index (χ2n) is 5.30. The lowest BCUT2D eigenvalue weighted by molar-refractivity contribution is -0.147. The van der Waals surface area contributed by atoms with Gasteiger partial charge in [-0.15, -0.1) is 0 Å². The van der Waals surface area contributed by atoms with E-state index in [9.17, 15) is 9.59 Å². The maximum Gasteiger partial charge on any atom is 0.310 e. The molecule has 0 aliphatic rings. The average Bonchev–Trinajstić information content (AvgIpc) is 2.57. The minimum Gasteiger partial charge on any atom is -0.455 e. The highest BCUT2D eigenvalue weighted by Crippen LogP contribution is 2.21. The standard InChI is InChI=1S/C18H16Cl3NO3/c19-14-4-1-12(2-5-14)9-18(24)25-11-17(23)22-8-7-13-3-6-15(20)10-16(13)21/h1-6,10H,7-9,11H2,(H,22,23). The number of hydrogen-bond donors (Lipinski definition) is 1. The van der Waals surface area contributed by atoms with Crippen molar-refractivity contribution in [2.75, 3.05) is 13.2 Å². The third kappa shape index (κ3) is 6.94. The van der Waals surface area contributed by atoms with Gasteiger partial charge in [-0.1, -0.05) is 53.0 Å². The molecule has 0 saturated heterocycles. The highest BCUT2D eigenvalue weighted by atomic mass is 35.5. The third-order valence-corrected chi connectivity index (χ3v) is 4.20. The molecule has 132 valence electrons. The second kappa shape index (κ2) is 9.66. The van der Waals surface area contributed by atoms with Gasteiger partial charge in [-0.05, 0) is 41.8 Å². The summed E-state index contributed by atoms with van der Waals surface area (Å²) in [4.78, 5) is 23.4. The first-order valence-corrected chi connectivity index (χ1v) is 8.68. The molecule has 0 fully saturated rings. The Hall–Kier alpha value is -1.75. The van der Waals surface area contributed by atoms with Gasteiger partial charge in [-0.25, -0.2) is 0 Å². The van der Waals surface area contributed by atoms with Crippen molar-refractivity contribution in [1.82, 2.24) is 5.32 Å². The summed E-state index contributed by atoms with van der Waals surface area (Å²) in [5, 5.41) is 4.38. The van der Waals surface area contributed by atoms with E-state index in [1.54, 1.807) is 36.4 Å². The Morgan fingerprint density at radius 1 is 0.960 bits per heavy atom. The summed E-state index contributed by atoms with van der Waals surface area (Å²) in [6.07, 6.45) is 0.644. The number of esters is 1. The zero-order chi connectivity index (χ0) is 18.2. The quantitative estimate of drug-likeness (QED) is 0.712. The summed E-state index contributed by atoms with van der Waals surface area (Å²) in [7, 11) is 0. The van der Waals surface area contributed by atoms with Crippen molar-refractivity contribution >= 4 is 46.7 Å². The van der Waals surface area contributed by atoms with Crippen LogP contribution < -0.4 is 5.32 Å². The van der Waals surface area contributed by atoms with E-state index in [4.69, 9.17) is 39.5 Å². The van der Waals surface area contributed by atoms with E-state index in [2.05, 4.69) is 5.32 Å². The van der Waals surface area contributed by atoms with E-state index in [0.717, 1.165) is 11.1 Å². The Morgan fingerprint density at radius 3 is 2.32 bits per heavy atom. The number of rotatable bonds is 7. The molecule has 2 rings (SSSR count). The van der Waals surface area contributed by atoms with Crippen LogP contribution in [-0.4, -0.2) is 25.0 Å². The maximum atomic E-state index is 11.7. The summed E-state index contributed by atoms with van der Waals surface area (Å²) >= 11 is 17.7.